The summed E-state index contributed by atoms with van der Waals surface area (Å²) in [5.41, 5.74) is 0.889. The van der Waals surface area contributed by atoms with Gasteiger partial charge in [0.1, 0.15) is 0 Å². The SMILES string of the molecule is CCCC(CC)Nc1cnccc1C(=O)O. The maximum absolute atomic E-state index is 11.0. The first-order valence-electron chi connectivity index (χ1n) is 5.62. The van der Waals surface area contributed by atoms with Gasteiger partial charge in [-0.2, -0.15) is 0 Å². The molecule has 1 heterocycles. The first-order valence-corrected chi connectivity index (χ1v) is 5.62. The van der Waals surface area contributed by atoms with Crippen molar-refractivity contribution in [3.05, 3.63) is 24.0 Å². The van der Waals surface area contributed by atoms with E-state index in [1.54, 1.807) is 6.20 Å². The van der Waals surface area contributed by atoms with Crippen molar-refractivity contribution in [1.29, 1.82) is 0 Å². The van der Waals surface area contributed by atoms with Gasteiger partial charge < -0.3 is 10.4 Å². The molecule has 0 aliphatic rings. The minimum Gasteiger partial charge on any atom is -0.478 e. The van der Waals surface area contributed by atoms with E-state index in [1.807, 2.05) is 0 Å². The van der Waals surface area contributed by atoms with E-state index in [1.165, 1.54) is 12.3 Å². The standard InChI is InChI=1S/C12H18N2O2/c1-3-5-9(4-2)14-11-8-13-7-6-10(11)12(15)16/h6-9,14H,3-5H2,1-2H3,(H,15,16). The smallest absolute Gasteiger partial charge is 0.337 e. The molecule has 4 heteroatoms. The lowest BCUT2D eigenvalue weighted by Crippen LogP contribution is -2.20. The molecule has 0 fully saturated rings. The number of hydrogen-bond donors (Lipinski definition) is 2. The van der Waals surface area contributed by atoms with Crippen molar-refractivity contribution in [1.82, 2.24) is 4.98 Å². The van der Waals surface area contributed by atoms with E-state index < -0.39 is 5.97 Å². The summed E-state index contributed by atoms with van der Waals surface area (Å²) in [6.07, 6.45) is 6.15. The van der Waals surface area contributed by atoms with Crippen molar-refractivity contribution in [3.8, 4) is 0 Å². The zero-order valence-corrected chi connectivity index (χ0v) is 9.73. The average molecular weight is 222 g/mol. The Kier molecular flexibility index (Phi) is 4.76. The summed E-state index contributed by atoms with van der Waals surface area (Å²) in [5, 5.41) is 12.2. The fraction of sp³-hybridized carbons (Fsp3) is 0.500. The van der Waals surface area contributed by atoms with Crippen LogP contribution < -0.4 is 5.32 Å². The van der Waals surface area contributed by atoms with Gasteiger partial charge in [0.05, 0.1) is 17.4 Å². The number of anilines is 1. The highest BCUT2D eigenvalue weighted by atomic mass is 16.4. The lowest BCUT2D eigenvalue weighted by atomic mass is 10.1. The summed E-state index contributed by atoms with van der Waals surface area (Å²) in [6.45, 7) is 4.20. The molecule has 0 spiro atoms. The van der Waals surface area contributed by atoms with Crippen molar-refractivity contribution in [2.75, 3.05) is 5.32 Å². The van der Waals surface area contributed by atoms with Gasteiger partial charge in [-0.3, -0.25) is 4.98 Å². The number of hydrogen-bond acceptors (Lipinski definition) is 3. The fourth-order valence-electron chi connectivity index (χ4n) is 1.64. The molecule has 1 aromatic heterocycles. The maximum atomic E-state index is 11.0. The average Bonchev–Trinajstić information content (AvgIpc) is 2.29. The number of pyridine rings is 1. The van der Waals surface area contributed by atoms with Crippen LogP contribution in [0.15, 0.2) is 18.5 Å². The Morgan fingerprint density at radius 2 is 2.31 bits per heavy atom. The van der Waals surface area contributed by atoms with Crippen molar-refractivity contribution >= 4 is 11.7 Å². The van der Waals surface area contributed by atoms with Crippen LogP contribution in [0.1, 0.15) is 43.5 Å². The van der Waals surface area contributed by atoms with Gasteiger partial charge >= 0.3 is 5.97 Å². The Hall–Kier alpha value is -1.58. The van der Waals surface area contributed by atoms with E-state index >= 15 is 0 Å². The van der Waals surface area contributed by atoms with Crippen LogP contribution >= 0.6 is 0 Å². The molecule has 0 radical (unpaired) electrons. The van der Waals surface area contributed by atoms with E-state index in [4.69, 9.17) is 5.11 Å². The number of nitrogens with one attached hydrogen (secondary N) is 1. The monoisotopic (exact) mass is 222 g/mol. The Morgan fingerprint density at radius 3 is 2.88 bits per heavy atom. The molecule has 0 aliphatic carbocycles. The number of carbonyl (C=O) groups is 1. The van der Waals surface area contributed by atoms with Crippen LogP contribution in [-0.4, -0.2) is 22.1 Å². The molecule has 0 saturated heterocycles. The molecule has 1 atom stereocenters. The molecule has 16 heavy (non-hydrogen) atoms. The van der Waals surface area contributed by atoms with Gasteiger partial charge in [-0.25, -0.2) is 4.79 Å². The highest BCUT2D eigenvalue weighted by Crippen LogP contribution is 2.17. The Labute approximate surface area is 95.7 Å². The van der Waals surface area contributed by atoms with Crippen molar-refractivity contribution < 1.29 is 9.90 Å². The Bertz CT molecular complexity index is 353. The summed E-state index contributed by atoms with van der Waals surface area (Å²) >= 11 is 0. The Balaban J connectivity index is 2.82. The van der Waals surface area contributed by atoms with Gasteiger partial charge in [-0.05, 0) is 18.9 Å². The number of aromatic nitrogens is 1. The second-order valence-corrected chi connectivity index (χ2v) is 3.76. The van der Waals surface area contributed by atoms with Crippen LogP contribution in [0.5, 0.6) is 0 Å². The van der Waals surface area contributed by atoms with Crippen LogP contribution in [0, 0.1) is 0 Å². The van der Waals surface area contributed by atoms with E-state index in [2.05, 4.69) is 24.1 Å². The maximum Gasteiger partial charge on any atom is 0.337 e. The highest BCUT2D eigenvalue weighted by molar-refractivity contribution is 5.93. The molecular weight excluding hydrogens is 204 g/mol. The second kappa shape index (κ2) is 6.10. The normalized spacial score (nSPS) is 12.1. The molecule has 4 nitrogen and oxygen atoms in total. The summed E-state index contributed by atoms with van der Waals surface area (Å²) in [5.74, 6) is -0.920. The molecule has 0 aliphatic heterocycles. The van der Waals surface area contributed by atoms with Crippen molar-refractivity contribution in [2.24, 2.45) is 0 Å². The van der Waals surface area contributed by atoms with Crippen LogP contribution in [0.25, 0.3) is 0 Å². The number of aromatic carboxylic acids is 1. The third-order valence-electron chi connectivity index (χ3n) is 2.54. The Morgan fingerprint density at radius 1 is 1.56 bits per heavy atom. The predicted octanol–water partition coefficient (Wildman–Crippen LogP) is 2.77. The van der Waals surface area contributed by atoms with Gasteiger partial charge in [-0.15, -0.1) is 0 Å². The summed E-state index contributed by atoms with van der Waals surface area (Å²) in [6, 6.07) is 1.83. The van der Waals surface area contributed by atoms with Crippen LogP contribution in [0.2, 0.25) is 0 Å². The lowest BCUT2D eigenvalue weighted by Gasteiger charge is -2.18. The molecule has 0 amide bonds. The molecule has 0 saturated carbocycles. The third kappa shape index (κ3) is 3.22. The summed E-state index contributed by atoms with van der Waals surface area (Å²) in [4.78, 5) is 14.9. The first-order chi connectivity index (χ1) is 7.69. The van der Waals surface area contributed by atoms with E-state index in [0.29, 0.717) is 11.7 Å². The molecule has 1 rings (SSSR count). The van der Waals surface area contributed by atoms with Crippen LogP contribution in [-0.2, 0) is 0 Å². The third-order valence-corrected chi connectivity index (χ3v) is 2.54. The van der Waals surface area contributed by atoms with E-state index in [-0.39, 0.29) is 5.56 Å². The molecule has 0 aromatic carbocycles. The summed E-state index contributed by atoms with van der Waals surface area (Å²) in [7, 11) is 0. The molecule has 0 bridgehead atoms. The van der Waals surface area contributed by atoms with Crippen LogP contribution in [0.4, 0.5) is 5.69 Å². The predicted molar refractivity (Wildman–Crippen MR) is 63.8 cm³/mol. The minimum atomic E-state index is -0.920. The van der Waals surface area contributed by atoms with Gasteiger partial charge in [0, 0.05) is 12.2 Å². The topological polar surface area (TPSA) is 62.2 Å². The van der Waals surface area contributed by atoms with E-state index in [9.17, 15) is 4.79 Å². The number of rotatable bonds is 6. The largest absolute Gasteiger partial charge is 0.478 e. The van der Waals surface area contributed by atoms with Crippen LogP contribution in [0.3, 0.4) is 0 Å². The number of carboxylic acid groups (broad SMARTS) is 1. The number of nitrogens with zero attached hydrogens (tertiary/aromatic N) is 1. The lowest BCUT2D eigenvalue weighted by molar-refractivity contribution is 0.0698. The van der Waals surface area contributed by atoms with Gasteiger partial charge in [0.15, 0.2) is 0 Å². The minimum absolute atomic E-state index is 0.282. The van der Waals surface area contributed by atoms with Crippen molar-refractivity contribution in [3.63, 3.8) is 0 Å². The molecule has 1 aromatic rings. The van der Waals surface area contributed by atoms with Crippen molar-refractivity contribution in [2.45, 2.75) is 39.2 Å². The van der Waals surface area contributed by atoms with Gasteiger partial charge in [0.2, 0.25) is 0 Å². The van der Waals surface area contributed by atoms with Gasteiger partial charge in [0.25, 0.3) is 0 Å². The molecule has 1 unspecified atom stereocenters. The number of carboxylic acids is 1. The molecular formula is C12H18N2O2. The zero-order valence-electron chi connectivity index (χ0n) is 9.73. The first kappa shape index (κ1) is 12.5. The fourth-order valence-corrected chi connectivity index (χ4v) is 1.64. The second-order valence-electron chi connectivity index (χ2n) is 3.76. The quantitative estimate of drug-likeness (QED) is 0.777. The molecule has 2 N–H and O–H groups in total. The van der Waals surface area contributed by atoms with E-state index in [0.717, 1.165) is 19.3 Å². The summed E-state index contributed by atoms with van der Waals surface area (Å²) < 4.78 is 0. The highest BCUT2D eigenvalue weighted by Gasteiger charge is 2.12. The molecule has 88 valence electrons. The zero-order chi connectivity index (χ0) is 12.0. The van der Waals surface area contributed by atoms with Gasteiger partial charge in [-0.1, -0.05) is 20.3 Å².